The molecular formula is C12H11N3. The van der Waals surface area contributed by atoms with E-state index in [0.29, 0.717) is 0 Å². The van der Waals surface area contributed by atoms with E-state index in [1.54, 1.807) is 0 Å². The fraction of sp³-hybridized carbons (Fsp3) is 0.0833. The van der Waals surface area contributed by atoms with Crippen molar-refractivity contribution in [3.63, 3.8) is 0 Å². The van der Waals surface area contributed by atoms with Crippen LogP contribution in [0.3, 0.4) is 0 Å². The first-order valence-electron chi connectivity index (χ1n) is 4.97. The van der Waals surface area contributed by atoms with Crippen molar-refractivity contribution in [3.05, 3.63) is 55.0 Å². The number of rotatable bonds is 1. The van der Waals surface area contributed by atoms with E-state index in [1.165, 1.54) is 10.9 Å². The van der Waals surface area contributed by atoms with Gasteiger partial charge in [0.15, 0.2) is 0 Å². The van der Waals surface area contributed by atoms with E-state index >= 15 is 0 Å². The third-order valence-corrected chi connectivity index (χ3v) is 2.57. The highest BCUT2D eigenvalue weighted by Crippen LogP contribution is 2.19. The summed E-state index contributed by atoms with van der Waals surface area (Å²) in [5, 5.41) is 8.61. The lowest BCUT2D eigenvalue weighted by molar-refractivity contribution is 0.640. The van der Waals surface area contributed by atoms with Crippen LogP contribution in [-0.2, 0) is 0 Å². The molecule has 0 saturated heterocycles. The number of allylic oxidation sites excluding steroid dienone is 2. The van der Waals surface area contributed by atoms with E-state index in [4.69, 9.17) is 0 Å². The number of benzene rings is 1. The highest BCUT2D eigenvalue weighted by Gasteiger charge is 2.09. The fourth-order valence-corrected chi connectivity index (χ4v) is 1.82. The van der Waals surface area contributed by atoms with Gasteiger partial charge in [0.2, 0.25) is 0 Å². The maximum Gasteiger partial charge on any atom is 0.0921 e. The quantitative estimate of drug-likeness (QED) is 0.759. The standard InChI is InChI=1S/C12H11N3/c1-2-4-12-10(3-1)9-14-15(12)11-5-7-13-8-6-11/h1-9,11,13H. The number of nitrogens with one attached hydrogen (secondary N) is 1. The van der Waals surface area contributed by atoms with Gasteiger partial charge in [-0.2, -0.15) is 5.10 Å². The van der Waals surface area contributed by atoms with Crippen LogP contribution in [0.1, 0.15) is 6.04 Å². The fourth-order valence-electron chi connectivity index (χ4n) is 1.82. The van der Waals surface area contributed by atoms with Crippen molar-refractivity contribution in [2.75, 3.05) is 0 Å². The molecule has 2 heterocycles. The number of fused-ring (bicyclic) bond motifs is 1. The Morgan fingerprint density at radius 2 is 1.93 bits per heavy atom. The van der Waals surface area contributed by atoms with Crippen molar-refractivity contribution in [1.82, 2.24) is 15.1 Å². The molecule has 0 spiro atoms. The van der Waals surface area contributed by atoms with Crippen LogP contribution in [0.15, 0.2) is 55.0 Å². The van der Waals surface area contributed by atoms with Crippen LogP contribution >= 0.6 is 0 Å². The van der Waals surface area contributed by atoms with Gasteiger partial charge in [-0.05, 0) is 30.6 Å². The second kappa shape index (κ2) is 3.28. The third-order valence-electron chi connectivity index (χ3n) is 2.57. The van der Waals surface area contributed by atoms with Gasteiger partial charge in [-0.25, -0.2) is 0 Å². The Bertz CT molecular complexity index is 525. The third kappa shape index (κ3) is 1.32. The van der Waals surface area contributed by atoms with E-state index in [2.05, 4.69) is 34.7 Å². The molecule has 1 aromatic heterocycles. The molecule has 0 bridgehead atoms. The molecule has 0 atom stereocenters. The number of aromatic nitrogens is 2. The Kier molecular flexibility index (Phi) is 1.81. The minimum absolute atomic E-state index is 0.214. The van der Waals surface area contributed by atoms with Crippen molar-refractivity contribution in [3.8, 4) is 0 Å². The van der Waals surface area contributed by atoms with Gasteiger partial charge in [-0.1, -0.05) is 18.2 Å². The summed E-state index contributed by atoms with van der Waals surface area (Å²) < 4.78 is 2.02. The highest BCUT2D eigenvalue weighted by atomic mass is 15.3. The smallest absolute Gasteiger partial charge is 0.0921 e. The second-order valence-electron chi connectivity index (χ2n) is 3.52. The van der Waals surface area contributed by atoms with Crippen LogP contribution in [0.5, 0.6) is 0 Å². The molecule has 3 nitrogen and oxygen atoms in total. The predicted octanol–water partition coefficient (Wildman–Crippen LogP) is 2.21. The van der Waals surface area contributed by atoms with Crippen molar-refractivity contribution >= 4 is 10.9 Å². The summed E-state index contributed by atoms with van der Waals surface area (Å²) in [6, 6.07) is 8.45. The largest absolute Gasteiger partial charge is 0.368 e. The molecule has 2 aromatic rings. The predicted molar refractivity (Wildman–Crippen MR) is 60.2 cm³/mol. The average Bonchev–Trinajstić information content (AvgIpc) is 2.74. The van der Waals surface area contributed by atoms with Crippen molar-refractivity contribution in [1.29, 1.82) is 0 Å². The molecule has 1 aliphatic heterocycles. The van der Waals surface area contributed by atoms with E-state index in [9.17, 15) is 0 Å². The molecule has 0 aliphatic carbocycles. The maximum atomic E-state index is 4.41. The lowest BCUT2D eigenvalue weighted by Crippen LogP contribution is -2.10. The monoisotopic (exact) mass is 197 g/mol. The Morgan fingerprint density at radius 1 is 1.13 bits per heavy atom. The normalized spacial score (nSPS) is 15.7. The number of nitrogens with zero attached hydrogens (tertiary/aromatic N) is 2. The summed E-state index contributed by atoms with van der Waals surface area (Å²) >= 11 is 0. The van der Waals surface area contributed by atoms with Crippen LogP contribution < -0.4 is 5.32 Å². The molecule has 1 N–H and O–H groups in total. The summed E-state index contributed by atoms with van der Waals surface area (Å²) in [4.78, 5) is 0. The number of dihydropyridines is 1. The topological polar surface area (TPSA) is 29.9 Å². The maximum absolute atomic E-state index is 4.41. The number of hydrogen-bond acceptors (Lipinski definition) is 2. The molecule has 0 amide bonds. The Labute approximate surface area is 87.7 Å². The molecular weight excluding hydrogens is 186 g/mol. The van der Waals surface area contributed by atoms with E-state index in [0.717, 1.165) is 0 Å². The van der Waals surface area contributed by atoms with Gasteiger partial charge in [0, 0.05) is 5.39 Å². The number of para-hydroxylation sites is 1. The zero-order chi connectivity index (χ0) is 10.1. The molecule has 3 rings (SSSR count). The Hall–Kier alpha value is -2.03. The van der Waals surface area contributed by atoms with Gasteiger partial charge in [0.25, 0.3) is 0 Å². The Balaban J connectivity index is 2.14. The Morgan fingerprint density at radius 3 is 2.80 bits per heavy atom. The molecule has 0 radical (unpaired) electrons. The van der Waals surface area contributed by atoms with E-state index < -0.39 is 0 Å². The van der Waals surface area contributed by atoms with Gasteiger partial charge in [0.1, 0.15) is 0 Å². The first-order chi connectivity index (χ1) is 7.45. The molecule has 1 aliphatic rings. The summed E-state index contributed by atoms with van der Waals surface area (Å²) in [5.74, 6) is 0. The van der Waals surface area contributed by atoms with E-state index in [-0.39, 0.29) is 6.04 Å². The SMILES string of the molecule is C1=CC(n2ncc3ccccc32)C=CN1. The minimum Gasteiger partial charge on any atom is -0.368 e. The van der Waals surface area contributed by atoms with Gasteiger partial charge in [-0.15, -0.1) is 0 Å². The zero-order valence-electron chi connectivity index (χ0n) is 8.17. The second-order valence-corrected chi connectivity index (χ2v) is 3.52. The summed E-state index contributed by atoms with van der Waals surface area (Å²) in [6.07, 6.45) is 9.93. The van der Waals surface area contributed by atoms with Crippen LogP contribution in [-0.4, -0.2) is 9.78 Å². The molecule has 3 heteroatoms. The van der Waals surface area contributed by atoms with Gasteiger partial charge in [-0.3, -0.25) is 4.68 Å². The summed E-state index contributed by atoms with van der Waals surface area (Å²) in [5.41, 5.74) is 1.17. The first-order valence-corrected chi connectivity index (χ1v) is 4.97. The van der Waals surface area contributed by atoms with Crippen LogP contribution in [0.2, 0.25) is 0 Å². The van der Waals surface area contributed by atoms with Crippen molar-refractivity contribution in [2.24, 2.45) is 0 Å². The lowest BCUT2D eigenvalue weighted by Gasteiger charge is -2.13. The molecule has 0 unspecified atom stereocenters. The average molecular weight is 197 g/mol. The van der Waals surface area contributed by atoms with Crippen LogP contribution in [0, 0.1) is 0 Å². The van der Waals surface area contributed by atoms with Gasteiger partial charge >= 0.3 is 0 Å². The molecule has 1 aromatic carbocycles. The van der Waals surface area contributed by atoms with Crippen LogP contribution in [0.25, 0.3) is 10.9 Å². The lowest BCUT2D eigenvalue weighted by atomic mass is 10.2. The number of hydrogen-bond donors (Lipinski definition) is 1. The highest BCUT2D eigenvalue weighted by molar-refractivity contribution is 5.78. The molecule has 74 valence electrons. The first kappa shape index (κ1) is 8.29. The molecule has 0 fully saturated rings. The molecule has 15 heavy (non-hydrogen) atoms. The van der Waals surface area contributed by atoms with Crippen LogP contribution in [0.4, 0.5) is 0 Å². The van der Waals surface area contributed by atoms with Gasteiger partial charge in [0.05, 0.1) is 17.8 Å². The zero-order valence-corrected chi connectivity index (χ0v) is 8.17. The van der Waals surface area contributed by atoms with Crippen molar-refractivity contribution in [2.45, 2.75) is 6.04 Å². The van der Waals surface area contributed by atoms with Gasteiger partial charge < -0.3 is 5.32 Å². The summed E-state index contributed by atoms with van der Waals surface area (Å²) in [7, 11) is 0. The molecule has 0 saturated carbocycles. The van der Waals surface area contributed by atoms with Crippen molar-refractivity contribution < 1.29 is 0 Å². The summed E-state index contributed by atoms with van der Waals surface area (Å²) in [6.45, 7) is 0. The van der Waals surface area contributed by atoms with E-state index in [1.807, 2.05) is 35.4 Å². The minimum atomic E-state index is 0.214.